The lowest BCUT2D eigenvalue weighted by atomic mass is 10.1. The van der Waals surface area contributed by atoms with Crippen molar-refractivity contribution >= 4 is 29.2 Å². The molecule has 1 saturated carbocycles. The molecule has 102 valence electrons. The van der Waals surface area contributed by atoms with Crippen LogP contribution in [0, 0.1) is 5.92 Å². The van der Waals surface area contributed by atoms with Crippen LogP contribution in [0.15, 0.2) is 18.2 Å². The van der Waals surface area contributed by atoms with Gasteiger partial charge in [-0.3, -0.25) is 4.79 Å². The van der Waals surface area contributed by atoms with Gasteiger partial charge in [-0.25, -0.2) is 4.79 Å². The average molecular weight is 282 g/mol. The van der Waals surface area contributed by atoms with Crippen molar-refractivity contribution in [2.75, 3.05) is 12.4 Å². The van der Waals surface area contributed by atoms with E-state index in [0.717, 1.165) is 25.7 Å². The molecule has 0 bridgehead atoms. The molecule has 0 atom stereocenters. The van der Waals surface area contributed by atoms with Crippen LogP contribution in [-0.2, 0) is 9.53 Å². The lowest BCUT2D eigenvalue weighted by Gasteiger charge is -2.12. The topological polar surface area (TPSA) is 55.4 Å². The fourth-order valence-corrected chi connectivity index (χ4v) is 2.45. The number of rotatable bonds is 3. The van der Waals surface area contributed by atoms with E-state index in [9.17, 15) is 9.59 Å². The second kappa shape index (κ2) is 6.06. The van der Waals surface area contributed by atoms with E-state index in [1.54, 1.807) is 18.2 Å². The highest BCUT2D eigenvalue weighted by molar-refractivity contribution is 6.33. The van der Waals surface area contributed by atoms with Crippen molar-refractivity contribution in [3.8, 4) is 0 Å². The van der Waals surface area contributed by atoms with Crippen molar-refractivity contribution in [2.45, 2.75) is 25.7 Å². The van der Waals surface area contributed by atoms with E-state index in [1.807, 2.05) is 0 Å². The first kappa shape index (κ1) is 13.9. The lowest BCUT2D eigenvalue weighted by molar-refractivity contribution is -0.119. The first-order valence-electron chi connectivity index (χ1n) is 6.30. The highest BCUT2D eigenvalue weighted by atomic mass is 35.5. The molecule has 1 aromatic carbocycles. The molecule has 0 heterocycles. The van der Waals surface area contributed by atoms with Crippen LogP contribution in [0.1, 0.15) is 36.0 Å². The molecule has 0 spiro atoms. The molecule has 1 N–H and O–H groups in total. The zero-order valence-electron chi connectivity index (χ0n) is 10.7. The molecule has 19 heavy (non-hydrogen) atoms. The van der Waals surface area contributed by atoms with Gasteiger partial charge in [0.05, 0.1) is 23.4 Å². The monoisotopic (exact) mass is 281 g/mol. The van der Waals surface area contributed by atoms with Gasteiger partial charge in [-0.1, -0.05) is 24.4 Å². The van der Waals surface area contributed by atoms with Gasteiger partial charge in [0.2, 0.25) is 5.91 Å². The van der Waals surface area contributed by atoms with E-state index in [1.165, 1.54) is 7.11 Å². The maximum absolute atomic E-state index is 12.0. The molecule has 2 rings (SSSR count). The summed E-state index contributed by atoms with van der Waals surface area (Å²) < 4.78 is 4.64. The Balaban J connectivity index is 2.14. The molecule has 0 radical (unpaired) electrons. The molecule has 0 aromatic heterocycles. The van der Waals surface area contributed by atoms with Crippen LogP contribution in [0.3, 0.4) is 0 Å². The van der Waals surface area contributed by atoms with E-state index < -0.39 is 5.97 Å². The second-order valence-electron chi connectivity index (χ2n) is 4.66. The van der Waals surface area contributed by atoms with Crippen LogP contribution in [-0.4, -0.2) is 19.0 Å². The number of carbonyl (C=O) groups excluding carboxylic acids is 2. The third-order valence-corrected chi connectivity index (χ3v) is 3.70. The minimum Gasteiger partial charge on any atom is -0.465 e. The Hall–Kier alpha value is -1.55. The van der Waals surface area contributed by atoms with Gasteiger partial charge in [0, 0.05) is 5.92 Å². The lowest BCUT2D eigenvalue weighted by Crippen LogP contribution is -2.20. The smallest absolute Gasteiger partial charge is 0.337 e. The Morgan fingerprint density at radius 1 is 1.32 bits per heavy atom. The normalized spacial score (nSPS) is 15.3. The first-order valence-corrected chi connectivity index (χ1v) is 6.68. The number of carbonyl (C=O) groups is 2. The average Bonchev–Trinajstić information content (AvgIpc) is 2.94. The van der Waals surface area contributed by atoms with Gasteiger partial charge in [-0.2, -0.15) is 0 Å². The summed E-state index contributed by atoms with van der Waals surface area (Å²) in [4.78, 5) is 23.5. The number of hydrogen-bond acceptors (Lipinski definition) is 3. The van der Waals surface area contributed by atoms with Crippen LogP contribution in [0.25, 0.3) is 0 Å². The van der Waals surface area contributed by atoms with Gasteiger partial charge < -0.3 is 10.1 Å². The van der Waals surface area contributed by atoms with Crippen molar-refractivity contribution in [3.05, 3.63) is 28.8 Å². The van der Waals surface area contributed by atoms with Gasteiger partial charge in [-0.05, 0) is 31.0 Å². The quantitative estimate of drug-likeness (QED) is 0.865. The summed E-state index contributed by atoms with van der Waals surface area (Å²) in [7, 11) is 1.31. The first-order chi connectivity index (χ1) is 9.11. The second-order valence-corrected chi connectivity index (χ2v) is 5.06. The molecule has 1 aromatic rings. The van der Waals surface area contributed by atoms with E-state index in [2.05, 4.69) is 10.1 Å². The Kier molecular flexibility index (Phi) is 4.43. The van der Waals surface area contributed by atoms with Crippen molar-refractivity contribution in [2.24, 2.45) is 5.92 Å². The number of halogens is 1. The van der Waals surface area contributed by atoms with Gasteiger partial charge >= 0.3 is 5.97 Å². The highest BCUT2D eigenvalue weighted by Crippen LogP contribution is 2.28. The summed E-state index contributed by atoms with van der Waals surface area (Å²) in [6, 6.07) is 4.69. The minimum atomic E-state index is -0.451. The summed E-state index contributed by atoms with van der Waals surface area (Å²) in [6.45, 7) is 0. The zero-order valence-corrected chi connectivity index (χ0v) is 11.5. The fraction of sp³-hybridized carbons (Fsp3) is 0.429. The highest BCUT2D eigenvalue weighted by Gasteiger charge is 2.23. The number of hydrogen-bond donors (Lipinski definition) is 1. The zero-order chi connectivity index (χ0) is 13.8. The molecule has 1 aliphatic carbocycles. The summed E-state index contributed by atoms with van der Waals surface area (Å²) in [5.74, 6) is -0.424. The van der Waals surface area contributed by atoms with Crippen LogP contribution < -0.4 is 5.32 Å². The molecular weight excluding hydrogens is 266 g/mol. The van der Waals surface area contributed by atoms with Gasteiger partial charge in [-0.15, -0.1) is 0 Å². The molecule has 1 fully saturated rings. The SMILES string of the molecule is COC(=O)c1ccc(Cl)c(NC(=O)C2CCCC2)c1. The Morgan fingerprint density at radius 2 is 2.00 bits per heavy atom. The van der Waals surface area contributed by atoms with E-state index in [-0.39, 0.29) is 11.8 Å². The maximum Gasteiger partial charge on any atom is 0.337 e. The maximum atomic E-state index is 12.0. The van der Waals surface area contributed by atoms with Crippen molar-refractivity contribution in [1.82, 2.24) is 0 Å². The molecule has 0 unspecified atom stereocenters. The molecule has 0 aliphatic heterocycles. The number of esters is 1. The Bertz CT molecular complexity index is 495. The number of benzene rings is 1. The van der Waals surface area contributed by atoms with Gasteiger partial charge in [0.25, 0.3) is 0 Å². The van der Waals surface area contributed by atoms with Crippen molar-refractivity contribution in [1.29, 1.82) is 0 Å². The van der Waals surface area contributed by atoms with Crippen LogP contribution in [0.2, 0.25) is 5.02 Å². The standard InChI is InChI=1S/C14H16ClNO3/c1-19-14(18)10-6-7-11(15)12(8-10)16-13(17)9-4-2-3-5-9/h6-9H,2-5H2,1H3,(H,16,17). The van der Waals surface area contributed by atoms with Crippen LogP contribution in [0.4, 0.5) is 5.69 Å². The summed E-state index contributed by atoms with van der Waals surface area (Å²) >= 11 is 6.03. The number of anilines is 1. The summed E-state index contributed by atoms with van der Waals surface area (Å²) in [6.07, 6.45) is 4.02. The molecule has 1 aliphatic rings. The largest absolute Gasteiger partial charge is 0.465 e. The minimum absolute atomic E-state index is 0.0265. The van der Waals surface area contributed by atoms with Crippen molar-refractivity contribution < 1.29 is 14.3 Å². The molecular formula is C14H16ClNO3. The number of nitrogens with one attached hydrogen (secondary N) is 1. The third kappa shape index (κ3) is 3.26. The molecule has 4 nitrogen and oxygen atoms in total. The van der Waals surface area contributed by atoms with Gasteiger partial charge in [0.1, 0.15) is 0 Å². The third-order valence-electron chi connectivity index (χ3n) is 3.37. The predicted octanol–water partition coefficient (Wildman–Crippen LogP) is 3.26. The van der Waals surface area contributed by atoms with Crippen LogP contribution >= 0.6 is 11.6 Å². The number of methoxy groups -OCH3 is 1. The molecule has 5 heteroatoms. The van der Waals surface area contributed by atoms with E-state index >= 15 is 0 Å². The predicted molar refractivity (Wildman–Crippen MR) is 73.4 cm³/mol. The van der Waals surface area contributed by atoms with E-state index in [4.69, 9.17) is 11.6 Å². The van der Waals surface area contributed by atoms with Crippen LogP contribution in [0.5, 0.6) is 0 Å². The number of amides is 1. The summed E-state index contributed by atoms with van der Waals surface area (Å²) in [5.41, 5.74) is 0.829. The van der Waals surface area contributed by atoms with Crippen molar-refractivity contribution in [3.63, 3.8) is 0 Å². The Labute approximate surface area is 117 Å². The molecule has 1 amide bonds. The molecule has 0 saturated heterocycles. The van der Waals surface area contributed by atoms with E-state index in [0.29, 0.717) is 16.3 Å². The fourth-order valence-electron chi connectivity index (χ4n) is 2.29. The number of ether oxygens (including phenoxy) is 1. The summed E-state index contributed by atoms with van der Waals surface area (Å²) in [5, 5.41) is 3.21. The Morgan fingerprint density at radius 3 is 2.63 bits per heavy atom. The van der Waals surface area contributed by atoms with Gasteiger partial charge in [0.15, 0.2) is 0 Å².